The second-order valence-electron chi connectivity index (χ2n) is 9.42. The van der Waals surface area contributed by atoms with E-state index in [0.29, 0.717) is 22.1 Å². The van der Waals surface area contributed by atoms with Crippen molar-refractivity contribution in [2.45, 2.75) is 0 Å². The molecule has 0 aliphatic carbocycles. The molecule has 0 atom stereocenters. The van der Waals surface area contributed by atoms with Crippen molar-refractivity contribution in [2.75, 3.05) is 10.6 Å². The maximum Gasteiger partial charge on any atom is 0.276 e. The summed E-state index contributed by atoms with van der Waals surface area (Å²) in [7, 11) is 0. The number of halogens is 1. The smallest absolute Gasteiger partial charge is 0.276 e. The fraction of sp³-hybridized carbons (Fsp3) is 0. The SMILES string of the molecule is O=C(Nc1ccccc1)c1nn(-c2cccc(Cl)c2)c(-c2ccccc2)c1C1=Nc2cccc3cccc(c23)N1. The Balaban J connectivity index is 1.50. The lowest BCUT2D eigenvalue weighted by Gasteiger charge is -2.20. The molecule has 0 bridgehead atoms. The standard InChI is InChI=1S/C33H22ClN5O/c34-23-14-9-17-25(20-23)39-31(22-10-3-1-4-11-22)29(30(38-39)33(40)35-24-15-5-2-6-16-24)32-36-26-18-7-12-21-13-8-19-27(37-32)28(21)26/h1-20H,(H,35,40)(H,36,37). The third-order valence-corrected chi connectivity index (χ3v) is 7.07. The molecule has 7 heteroatoms. The molecule has 0 spiro atoms. The molecule has 2 N–H and O–H groups in total. The van der Waals surface area contributed by atoms with Crippen LogP contribution in [-0.4, -0.2) is 21.5 Å². The number of nitrogens with one attached hydrogen (secondary N) is 2. The summed E-state index contributed by atoms with van der Waals surface area (Å²) in [6, 6.07) is 38.8. The fourth-order valence-electron chi connectivity index (χ4n) is 5.08. The normalized spacial score (nSPS) is 12.1. The first kappa shape index (κ1) is 23.9. The number of anilines is 2. The van der Waals surface area contributed by atoms with Crippen LogP contribution in [0.25, 0.3) is 27.7 Å². The largest absolute Gasteiger partial charge is 0.339 e. The van der Waals surface area contributed by atoms with E-state index in [9.17, 15) is 4.79 Å². The fourth-order valence-corrected chi connectivity index (χ4v) is 5.27. The van der Waals surface area contributed by atoms with E-state index in [1.54, 1.807) is 4.68 Å². The Labute approximate surface area is 235 Å². The van der Waals surface area contributed by atoms with Crippen LogP contribution in [0.5, 0.6) is 0 Å². The van der Waals surface area contributed by atoms with Crippen LogP contribution < -0.4 is 10.6 Å². The van der Waals surface area contributed by atoms with Crippen molar-refractivity contribution in [3.63, 3.8) is 0 Å². The quantitative estimate of drug-likeness (QED) is 0.232. The van der Waals surface area contributed by atoms with Crippen LogP contribution in [0.15, 0.2) is 126 Å². The van der Waals surface area contributed by atoms with Gasteiger partial charge in [0.1, 0.15) is 5.84 Å². The molecule has 1 aliphatic heterocycles. The van der Waals surface area contributed by atoms with Crippen LogP contribution in [0.2, 0.25) is 5.02 Å². The van der Waals surface area contributed by atoms with Gasteiger partial charge >= 0.3 is 0 Å². The van der Waals surface area contributed by atoms with Gasteiger partial charge in [0.25, 0.3) is 5.91 Å². The third-order valence-electron chi connectivity index (χ3n) is 6.84. The van der Waals surface area contributed by atoms with E-state index in [1.165, 1.54) is 0 Å². The molecule has 1 amide bonds. The van der Waals surface area contributed by atoms with E-state index in [0.717, 1.165) is 39.1 Å². The Morgan fingerprint density at radius 1 is 0.800 bits per heavy atom. The molecular formula is C33H22ClN5O. The maximum atomic E-state index is 13.9. The lowest BCUT2D eigenvalue weighted by atomic mass is 10.0. The van der Waals surface area contributed by atoms with Crippen molar-refractivity contribution >= 4 is 51.2 Å². The Morgan fingerprint density at radius 3 is 2.30 bits per heavy atom. The second kappa shape index (κ2) is 9.84. The summed E-state index contributed by atoms with van der Waals surface area (Å²) in [5.74, 6) is 0.192. The van der Waals surface area contributed by atoms with E-state index >= 15 is 0 Å². The third kappa shape index (κ3) is 4.21. The van der Waals surface area contributed by atoms with Gasteiger partial charge in [-0.2, -0.15) is 5.10 Å². The van der Waals surface area contributed by atoms with Crippen LogP contribution in [0, 0.1) is 0 Å². The van der Waals surface area contributed by atoms with Crippen LogP contribution in [0.3, 0.4) is 0 Å². The van der Waals surface area contributed by atoms with Crippen LogP contribution in [0.4, 0.5) is 17.1 Å². The van der Waals surface area contributed by atoms with Crippen LogP contribution in [0.1, 0.15) is 16.1 Å². The molecule has 2 heterocycles. The van der Waals surface area contributed by atoms with Crippen molar-refractivity contribution in [3.8, 4) is 16.9 Å². The first-order chi connectivity index (χ1) is 19.7. The highest BCUT2D eigenvalue weighted by Crippen LogP contribution is 2.39. The average Bonchev–Trinajstić information content (AvgIpc) is 3.40. The van der Waals surface area contributed by atoms with Crippen LogP contribution >= 0.6 is 11.6 Å². The zero-order valence-corrected chi connectivity index (χ0v) is 21.9. The molecule has 192 valence electrons. The molecule has 7 rings (SSSR count). The first-order valence-electron chi connectivity index (χ1n) is 12.8. The van der Waals surface area contributed by atoms with Crippen LogP contribution in [-0.2, 0) is 0 Å². The summed E-state index contributed by atoms with van der Waals surface area (Å²) in [6.45, 7) is 0. The highest BCUT2D eigenvalue weighted by Gasteiger charge is 2.30. The molecule has 1 aromatic heterocycles. The van der Waals surface area contributed by atoms with Gasteiger partial charge in [-0.3, -0.25) is 4.79 Å². The van der Waals surface area contributed by atoms with Crippen molar-refractivity contribution in [3.05, 3.63) is 138 Å². The van der Waals surface area contributed by atoms with Gasteiger partial charge in [0.05, 0.1) is 22.6 Å². The summed E-state index contributed by atoms with van der Waals surface area (Å²) >= 11 is 6.40. The van der Waals surface area contributed by atoms with E-state index in [2.05, 4.69) is 22.8 Å². The highest BCUT2D eigenvalue weighted by molar-refractivity contribution is 6.30. The predicted octanol–water partition coefficient (Wildman–Crippen LogP) is 8.10. The Bertz CT molecular complexity index is 1920. The molecule has 0 saturated heterocycles. The first-order valence-corrected chi connectivity index (χ1v) is 13.2. The minimum absolute atomic E-state index is 0.237. The number of carbonyl (C=O) groups is 1. The van der Waals surface area contributed by atoms with Gasteiger partial charge in [-0.15, -0.1) is 0 Å². The zero-order valence-electron chi connectivity index (χ0n) is 21.2. The molecule has 6 nitrogen and oxygen atoms in total. The number of nitrogens with zero attached hydrogens (tertiary/aromatic N) is 3. The number of rotatable bonds is 5. The monoisotopic (exact) mass is 539 g/mol. The summed E-state index contributed by atoms with van der Waals surface area (Å²) in [5.41, 5.74) is 5.57. The minimum atomic E-state index is -0.347. The Morgan fingerprint density at radius 2 is 1.52 bits per heavy atom. The second-order valence-corrected chi connectivity index (χ2v) is 9.85. The van der Waals surface area contributed by atoms with Gasteiger partial charge < -0.3 is 10.6 Å². The molecule has 1 aliphatic rings. The Kier molecular flexibility index (Phi) is 5.87. The van der Waals surface area contributed by atoms with Crippen molar-refractivity contribution in [1.29, 1.82) is 0 Å². The van der Waals surface area contributed by atoms with Gasteiger partial charge in [-0.1, -0.05) is 90.5 Å². The average molecular weight is 540 g/mol. The summed E-state index contributed by atoms with van der Waals surface area (Å²) in [5, 5.41) is 14.1. The summed E-state index contributed by atoms with van der Waals surface area (Å²) in [6.07, 6.45) is 0. The van der Waals surface area contributed by atoms with Crippen molar-refractivity contribution < 1.29 is 4.79 Å². The highest BCUT2D eigenvalue weighted by atomic mass is 35.5. The number of aromatic nitrogens is 2. The summed E-state index contributed by atoms with van der Waals surface area (Å²) < 4.78 is 1.77. The zero-order chi connectivity index (χ0) is 27.1. The number of aliphatic imine (C=N–C) groups is 1. The molecular weight excluding hydrogens is 518 g/mol. The topological polar surface area (TPSA) is 71.3 Å². The van der Waals surface area contributed by atoms with Gasteiger partial charge in [-0.25, -0.2) is 9.67 Å². The molecule has 0 unspecified atom stereocenters. The lowest BCUT2D eigenvalue weighted by molar-refractivity contribution is 0.102. The molecule has 6 aromatic rings. The maximum absolute atomic E-state index is 13.9. The number of amides is 1. The molecule has 0 fully saturated rings. The van der Waals surface area contributed by atoms with E-state index in [1.807, 2.05) is 109 Å². The molecule has 0 saturated carbocycles. The predicted molar refractivity (Wildman–Crippen MR) is 162 cm³/mol. The number of para-hydroxylation sites is 1. The minimum Gasteiger partial charge on any atom is -0.339 e. The van der Waals surface area contributed by atoms with Gasteiger partial charge in [-0.05, 0) is 47.9 Å². The van der Waals surface area contributed by atoms with E-state index in [-0.39, 0.29) is 11.6 Å². The number of amidine groups is 1. The Hall–Kier alpha value is -5.20. The van der Waals surface area contributed by atoms with E-state index < -0.39 is 0 Å². The van der Waals surface area contributed by atoms with Crippen molar-refractivity contribution in [1.82, 2.24) is 9.78 Å². The van der Waals surface area contributed by atoms with Crippen molar-refractivity contribution in [2.24, 2.45) is 4.99 Å². The van der Waals surface area contributed by atoms with Gasteiger partial charge in [0.2, 0.25) is 0 Å². The number of hydrogen-bond acceptors (Lipinski definition) is 4. The number of carbonyl (C=O) groups excluding carboxylic acids is 1. The number of benzene rings is 5. The van der Waals surface area contributed by atoms with Gasteiger partial charge in [0.15, 0.2) is 5.69 Å². The summed E-state index contributed by atoms with van der Waals surface area (Å²) in [4.78, 5) is 19.0. The molecule has 0 radical (unpaired) electrons. The lowest BCUT2D eigenvalue weighted by Crippen LogP contribution is -2.22. The molecule has 5 aromatic carbocycles. The molecule has 40 heavy (non-hydrogen) atoms. The number of hydrogen-bond donors (Lipinski definition) is 2. The van der Waals surface area contributed by atoms with Gasteiger partial charge in [0, 0.05) is 27.3 Å². The van der Waals surface area contributed by atoms with E-state index in [4.69, 9.17) is 21.7 Å².